The molecule has 0 saturated heterocycles. The maximum atomic E-state index is 11.9. The fraction of sp³-hybridized carbons (Fsp3) is 0.250. The monoisotopic (exact) mass is 329 g/mol. The number of aryl methyl sites for hydroxylation is 1. The molecule has 2 N–H and O–H groups in total. The van der Waals surface area contributed by atoms with E-state index < -0.39 is 11.7 Å². The molecule has 7 nitrogen and oxygen atoms in total. The Balaban J connectivity index is 2.56. The van der Waals surface area contributed by atoms with Crippen molar-refractivity contribution in [2.24, 2.45) is 0 Å². The van der Waals surface area contributed by atoms with Gasteiger partial charge in [-0.2, -0.15) is 0 Å². The van der Waals surface area contributed by atoms with Crippen LogP contribution in [0.2, 0.25) is 5.02 Å². The molecular formula is C12H12ClN3O4S. The van der Waals surface area contributed by atoms with Crippen molar-refractivity contribution in [3.8, 4) is 11.4 Å². The summed E-state index contributed by atoms with van der Waals surface area (Å²) in [7, 11) is 1.46. The van der Waals surface area contributed by atoms with Crippen LogP contribution >= 0.6 is 23.4 Å². The Morgan fingerprint density at radius 2 is 2.29 bits per heavy atom. The van der Waals surface area contributed by atoms with Crippen molar-refractivity contribution >= 4 is 29.3 Å². The Bertz CT molecular complexity index is 741. The van der Waals surface area contributed by atoms with E-state index in [1.807, 2.05) is 0 Å². The second kappa shape index (κ2) is 6.23. The lowest BCUT2D eigenvalue weighted by Gasteiger charge is -2.12. The molecule has 0 atom stereocenters. The molecule has 0 fully saturated rings. The fourth-order valence-corrected chi connectivity index (χ4v) is 2.53. The molecule has 21 heavy (non-hydrogen) atoms. The van der Waals surface area contributed by atoms with Gasteiger partial charge >= 0.3 is 11.7 Å². The highest BCUT2D eigenvalue weighted by Crippen LogP contribution is 2.30. The van der Waals surface area contributed by atoms with Crippen LogP contribution in [0.1, 0.15) is 5.56 Å². The number of thioether (sulfide) groups is 1. The van der Waals surface area contributed by atoms with Gasteiger partial charge in [-0.3, -0.25) is 4.79 Å². The first kappa shape index (κ1) is 15.5. The molecule has 112 valence electrons. The predicted molar refractivity (Wildman–Crippen MR) is 78.8 cm³/mol. The average molecular weight is 330 g/mol. The maximum Gasteiger partial charge on any atom is 0.348 e. The highest BCUT2D eigenvalue weighted by atomic mass is 35.5. The third-order valence-electron chi connectivity index (χ3n) is 2.67. The van der Waals surface area contributed by atoms with E-state index in [4.69, 9.17) is 21.4 Å². The summed E-state index contributed by atoms with van der Waals surface area (Å²) < 4.78 is 6.49. The number of hydrogen-bond donors (Lipinski definition) is 2. The van der Waals surface area contributed by atoms with Crippen LogP contribution in [-0.2, 0) is 4.79 Å². The molecule has 1 aromatic heterocycles. The van der Waals surface area contributed by atoms with Crippen molar-refractivity contribution < 1.29 is 14.6 Å². The number of halogens is 1. The summed E-state index contributed by atoms with van der Waals surface area (Å²) in [4.78, 5) is 22.6. The fourth-order valence-electron chi connectivity index (χ4n) is 1.70. The number of aromatic nitrogens is 3. The molecule has 0 aliphatic heterocycles. The van der Waals surface area contributed by atoms with E-state index >= 15 is 0 Å². The molecule has 0 amide bonds. The van der Waals surface area contributed by atoms with Crippen molar-refractivity contribution in [2.75, 3.05) is 12.9 Å². The number of benzene rings is 1. The van der Waals surface area contributed by atoms with Crippen LogP contribution in [0.15, 0.2) is 22.1 Å². The lowest BCUT2D eigenvalue weighted by molar-refractivity contribution is -0.133. The van der Waals surface area contributed by atoms with Crippen LogP contribution in [0.3, 0.4) is 0 Å². The second-order valence-electron chi connectivity index (χ2n) is 4.10. The maximum absolute atomic E-state index is 11.9. The molecule has 1 aromatic carbocycles. The van der Waals surface area contributed by atoms with Crippen LogP contribution in [0.4, 0.5) is 0 Å². The van der Waals surface area contributed by atoms with E-state index in [0.29, 0.717) is 16.5 Å². The number of nitrogens with one attached hydrogen (secondary N) is 1. The molecule has 0 bridgehead atoms. The van der Waals surface area contributed by atoms with Gasteiger partial charge in [-0.25, -0.2) is 14.5 Å². The molecule has 0 aliphatic carbocycles. The largest absolute Gasteiger partial charge is 0.494 e. The summed E-state index contributed by atoms with van der Waals surface area (Å²) in [5.74, 6) is -0.813. The van der Waals surface area contributed by atoms with Crippen LogP contribution < -0.4 is 10.4 Å². The van der Waals surface area contributed by atoms with E-state index in [-0.39, 0.29) is 10.9 Å². The molecule has 0 spiro atoms. The quantitative estimate of drug-likeness (QED) is 0.810. The number of carboxylic acids is 1. The van der Waals surface area contributed by atoms with Crippen LogP contribution in [-0.4, -0.2) is 38.7 Å². The lowest BCUT2D eigenvalue weighted by Crippen LogP contribution is -2.17. The van der Waals surface area contributed by atoms with Gasteiger partial charge in [-0.15, -0.1) is 5.10 Å². The van der Waals surface area contributed by atoms with Gasteiger partial charge < -0.3 is 9.84 Å². The Hall–Kier alpha value is -1.93. The van der Waals surface area contributed by atoms with Crippen LogP contribution in [0.5, 0.6) is 5.75 Å². The summed E-state index contributed by atoms with van der Waals surface area (Å²) in [6.07, 6.45) is 0. The van der Waals surface area contributed by atoms with Crippen LogP contribution in [0, 0.1) is 6.92 Å². The van der Waals surface area contributed by atoms with E-state index in [2.05, 4.69) is 10.2 Å². The van der Waals surface area contributed by atoms with Crippen molar-refractivity contribution in [1.29, 1.82) is 0 Å². The Labute approximate surface area is 128 Å². The second-order valence-corrected chi connectivity index (χ2v) is 5.45. The zero-order valence-electron chi connectivity index (χ0n) is 11.2. The van der Waals surface area contributed by atoms with E-state index in [9.17, 15) is 9.59 Å². The van der Waals surface area contributed by atoms with Crippen LogP contribution in [0.25, 0.3) is 5.69 Å². The SMILES string of the molecule is COc1cc(Cl)c(C)cc1-n1c(SCC(=O)O)n[nH]c1=O. The lowest BCUT2D eigenvalue weighted by atomic mass is 10.2. The van der Waals surface area contributed by atoms with Crippen molar-refractivity contribution in [3.05, 3.63) is 33.2 Å². The molecule has 0 unspecified atom stereocenters. The Kier molecular flexibility index (Phi) is 4.59. The zero-order valence-corrected chi connectivity index (χ0v) is 12.8. The van der Waals surface area contributed by atoms with Gasteiger partial charge in [0.25, 0.3) is 0 Å². The number of ether oxygens (including phenoxy) is 1. The number of H-pyrrole nitrogens is 1. The summed E-state index contributed by atoms with van der Waals surface area (Å²) >= 11 is 6.97. The molecule has 1 heterocycles. The molecule has 0 radical (unpaired) electrons. The molecule has 2 aromatic rings. The van der Waals surface area contributed by atoms with Gasteiger partial charge in [-0.05, 0) is 18.6 Å². The average Bonchev–Trinajstić information content (AvgIpc) is 2.80. The first-order valence-electron chi connectivity index (χ1n) is 5.80. The Morgan fingerprint density at radius 1 is 1.57 bits per heavy atom. The number of aliphatic carboxylic acids is 1. The van der Waals surface area contributed by atoms with E-state index in [1.165, 1.54) is 11.7 Å². The number of methoxy groups -OCH3 is 1. The third kappa shape index (κ3) is 3.22. The molecule has 0 saturated carbocycles. The minimum absolute atomic E-state index is 0.209. The molecule has 0 aliphatic rings. The minimum atomic E-state index is -0.999. The summed E-state index contributed by atoms with van der Waals surface area (Å²) in [6.45, 7) is 1.79. The zero-order chi connectivity index (χ0) is 15.6. The number of hydrogen-bond acceptors (Lipinski definition) is 5. The number of carbonyl (C=O) groups is 1. The standard InChI is InChI=1S/C12H12ClN3O4S/c1-6-3-8(9(20-2)4-7(6)13)16-11(19)14-15-12(16)21-5-10(17)18/h3-4H,5H2,1-2H3,(H,14,19)(H,17,18). The Morgan fingerprint density at radius 3 is 2.90 bits per heavy atom. The topological polar surface area (TPSA) is 97.2 Å². The van der Waals surface area contributed by atoms with Gasteiger partial charge in [0.15, 0.2) is 5.16 Å². The highest BCUT2D eigenvalue weighted by Gasteiger charge is 2.17. The number of carboxylic acid groups (broad SMARTS) is 1. The molecule has 9 heteroatoms. The summed E-state index contributed by atoms with van der Waals surface area (Å²) in [6, 6.07) is 3.28. The number of rotatable bonds is 5. The highest BCUT2D eigenvalue weighted by molar-refractivity contribution is 7.99. The van der Waals surface area contributed by atoms with Gasteiger partial charge in [0, 0.05) is 11.1 Å². The van der Waals surface area contributed by atoms with E-state index in [1.54, 1.807) is 19.1 Å². The van der Waals surface area contributed by atoms with Gasteiger partial charge in [0.1, 0.15) is 5.75 Å². The van der Waals surface area contributed by atoms with E-state index in [0.717, 1.165) is 17.3 Å². The molecule has 2 rings (SSSR count). The van der Waals surface area contributed by atoms with Crippen molar-refractivity contribution in [2.45, 2.75) is 12.1 Å². The first-order valence-corrected chi connectivity index (χ1v) is 7.17. The van der Waals surface area contributed by atoms with Gasteiger partial charge in [-0.1, -0.05) is 23.4 Å². The van der Waals surface area contributed by atoms with Gasteiger partial charge in [0.05, 0.1) is 18.6 Å². The van der Waals surface area contributed by atoms with Crippen molar-refractivity contribution in [3.63, 3.8) is 0 Å². The predicted octanol–water partition coefficient (Wildman–Crippen LogP) is 1.71. The minimum Gasteiger partial charge on any atom is -0.494 e. The summed E-state index contributed by atoms with van der Waals surface area (Å²) in [5.41, 5.74) is 0.726. The van der Waals surface area contributed by atoms with Crippen molar-refractivity contribution in [1.82, 2.24) is 14.8 Å². The third-order valence-corrected chi connectivity index (χ3v) is 4.00. The smallest absolute Gasteiger partial charge is 0.348 e. The number of aromatic amines is 1. The number of nitrogens with zero attached hydrogens (tertiary/aromatic N) is 2. The molecular weight excluding hydrogens is 318 g/mol. The normalized spacial score (nSPS) is 10.6. The van der Waals surface area contributed by atoms with Gasteiger partial charge in [0.2, 0.25) is 0 Å². The summed E-state index contributed by atoms with van der Waals surface area (Å²) in [5, 5.41) is 15.6. The first-order chi connectivity index (χ1) is 9.93.